The average Bonchev–Trinajstić information content (AvgIpc) is 2.94. The Kier molecular flexibility index (Phi) is 8.06. The van der Waals surface area contributed by atoms with E-state index < -0.39 is 11.6 Å². The lowest BCUT2D eigenvalue weighted by Gasteiger charge is -2.45. The molecule has 0 bridgehead atoms. The molecule has 35 heavy (non-hydrogen) atoms. The molecule has 0 radical (unpaired) electrons. The van der Waals surface area contributed by atoms with Gasteiger partial charge in [0, 0.05) is 0 Å². The highest BCUT2D eigenvalue weighted by Crippen LogP contribution is 2.43. The number of carbonyl (C=O) groups excluding carboxylic acids is 1. The van der Waals surface area contributed by atoms with Crippen LogP contribution in [0, 0.1) is 0 Å². The van der Waals surface area contributed by atoms with Crippen molar-refractivity contribution in [1.29, 1.82) is 0 Å². The Morgan fingerprint density at radius 1 is 0.771 bits per heavy atom. The molecule has 0 saturated heterocycles. The van der Waals surface area contributed by atoms with Crippen molar-refractivity contribution in [2.45, 2.75) is 18.2 Å². The van der Waals surface area contributed by atoms with Gasteiger partial charge in [-0.25, -0.2) is 0 Å². The summed E-state index contributed by atoms with van der Waals surface area (Å²) >= 11 is 0. The van der Waals surface area contributed by atoms with Gasteiger partial charge in [0.1, 0.15) is 18.2 Å². The van der Waals surface area contributed by atoms with E-state index in [0.717, 1.165) is 22.3 Å². The highest BCUT2D eigenvalue weighted by Gasteiger charge is 2.47. The van der Waals surface area contributed by atoms with E-state index in [1.165, 1.54) is 5.06 Å². The molecule has 4 aromatic carbocycles. The number of aliphatic hydroxyl groups excluding tert-OH is 1. The van der Waals surface area contributed by atoms with Gasteiger partial charge < -0.3 is 10.4 Å². The lowest BCUT2D eigenvalue weighted by molar-refractivity contribution is -0.220. The zero-order chi connectivity index (χ0) is 24.5. The summed E-state index contributed by atoms with van der Waals surface area (Å²) in [6.45, 7) is -0.183. The molecule has 4 rings (SSSR count). The number of hydrogen-bond acceptors (Lipinski definition) is 4. The molecule has 0 spiro atoms. The molecule has 0 aromatic heterocycles. The minimum atomic E-state index is -1.11. The Bertz CT molecular complexity index is 1080. The van der Waals surface area contributed by atoms with Crippen LogP contribution in [0.3, 0.4) is 0 Å². The molecule has 0 unspecified atom stereocenters. The fraction of sp³-hybridized carbons (Fsp3) is 0.167. The SMILES string of the molecule is CN[C@H](CO)C(=O)N(OCc1ccccc1)C(c1ccccc1)(c1ccccc1)c1ccccc1. The molecule has 0 heterocycles. The van der Waals surface area contributed by atoms with Crippen LogP contribution in [0.2, 0.25) is 0 Å². The van der Waals surface area contributed by atoms with E-state index in [1.54, 1.807) is 7.05 Å². The predicted octanol–water partition coefficient (Wildman–Crippen LogP) is 4.52. The monoisotopic (exact) mass is 466 g/mol. The Hall–Kier alpha value is -3.77. The summed E-state index contributed by atoms with van der Waals surface area (Å²) in [6, 6.07) is 38.5. The van der Waals surface area contributed by atoms with Gasteiger partial charge in [-0.1, -0.05) is 121 Å². The van der Waals surface area contributed by atoms with Gasteiger partial charge in [-0.15, -0.1) is 0 Å². The minimum Gasteiger partial charge on any atom is -0.394 e. The molecule has 1 amide bonds. The number of nitrogens with zero attached hydrogens (tertiary/aromatic N) is 1. The number of rotatable bonds is 10. The van der Waals surface area contributed by atoms with Gasteiger partial charge in [0.15, 0.2) is 0 Å². The minimum absolute atomic E-state index is 0.183. The standard InChI is InChI=1S/C30H30N2O3/c1-31-28(22-33)29(34)32(35-23-24-14-6-2-7-15-24)30(25-16-8-3-9-17-25,26-18-10-4-11-19-26)27-20-12-5-13-21-27/h2-21,28,31,33H,22-23H2,1H3/t28-/m1/s1. The van der Waals surface area contributed by atoms with Crippen LogP contribution in [0.4, 0.5) is 0 Å². The van der Waals surface area contributed by atoms with E-state index >= 15 is 0 Å². The van der Waals surface area contributed by atoms with Crippen LogP contribution in [0.5, 0.6) is 0 Å². The number of likely N-dealkylation sites (N-methyl/N-ethyl adjacent to an activating group) is 1. The summed E-state index contributed by atoms with van der Waals surface area (Å²) < 4.78 is 0. The molecule has 0 saturated carbocycles. The van der Waals surface area contributed by atoms with E-state index in [9.17, 15) is 9.90 Å². The Labute approximate surface area is 206 Å². The number of benzene rings is 4. The van der Waals surface area contributed by atoms with E-state index in [-0.39, 0.29) is 19.1 Å². The molecule has 4 aromatic rings. The second kappa shape index (κ2) is 11.6. The number of nitrogens with one attached hydrogen (secondary N) is 1. The zero-order valence-corrected chi connectivity index (χ0v) is 19.7. The largest absolute Gasteiger partial charge is 0.394 e. The lowest BCUT2D eigenvalue weighted by Crippen LogP contribution is -2.57. The van der Waals surface area contributed by atoms with Gasteiger partial charge >= 0.3 is 0 Å². The van der Waals surface area contributed by atoms with Gasteiger partial charge in [-0.05, 0) is 29.3 Å². The van der Waals surface area contributed by atoms with E-state index in [4.69, 9.17) is 4.84 Å². The van der Waals surface area contributed by atoms with E-state index in [2.05, 4.69) is 5.32 Å². The molecule has 0 aliphatic rings. The molecule has 0 fully saturated rings. The molecule has 178 valence electrons. The summed E-state index contributed by atoms with van der Waals surface area (Å²) in [4.78, 5) is 20.5. The van der Waals surface area contributed by atoms with Crippen LogP contribution in [0.1, 0.15) is 22.3 Å². The molecule has 2 N–H and O–H groups in total. The van der Waals surface area contributed by atoms with Crippen LogP contribution in [0.25, 0.3) is 0 Å². The highest BCUT2D eigenvalue weighted by molar-refractivity contribution is 5.83. The number of hydrogen-bond donors (Lipinski definition) is 2. The molecule has 1 atom stereocenters. The van der Waals surface area contributed by atoms with Crippen molar-refractivity contribution < 1.29 is 14.7 Å². The average molecular weight is 467 g/mol. The second-order valence-electron chi connectivity index (χ2n) is 8.22. The Morgan fingerprint density at radius 2 is 1.17 bits per heavy atom. The van der Waals surface area contributed by atoms with Crippen molar-refractivity contribution in [3.05, 3.63) is 144 Å². The van der Waals surface area contributed by atoms with Gasteiger partial charge in [-0.2, -0.15) is 5.06 Å². The summed E-state index contributed by atoms with van der Waals surface area (Å²) in [5.41, 5.74) is 2.42. The van der Waals surface area contributed by atoms with Crippen molar-refractivity contribution in [2.24, 2.45) is 0 Å². The first-order valence-corrected chi connectivity index (χ1v) is 11.7. The number of carbonyl (C=O) groups is 1. The summed E-state index contributed by atoms with van der Waals surface area (Å²) in [5.74, 6) is -0.373. The van der Waals surface area contributed by atoms with Gasteiger partial charge in [0.25, 0.3) is 5.91 Å². The van der Waals surface area contributed by atoms with Crippen molar-refractivity contribution in [1.82, 2.24) is 10.4 Å². The molecule has 5 nitrogen and oxygen atoms in total. The van der Waals surface area contributed by atoms with Crippen molar-refractivity contribution in [3.63, 3.8) is 0 Å². The third-order valence-electron chi connectivity index (χ3n) is 6.11. The highest BCUT2D eigenvalue weighted by atomic mass is 16.7. The van der Waals surface area contributed by atoms with Crippen molar-refractivity contribution in [3.8, 4) is 0 Å². The van der Waals surface area contributed by atoms with Gasteiger partial charge in [0.05, 0.1) is 6.61 Å². The van der Waals surface area contributed by atoms with Crippen LogP contribution >= 0.6 is 0 Å². The van der Waals surface area contributed by atoms with Crippen molar-refractivity contribution >= 4 is 5.91 Å². The summed E-state index contributed by atoms with van der Waals surface area (Å²) in [5, 5.41) is 14.4. The predicted molar refractivity (Wildman–Crippen MR) is 137 cm³/mol. The van der Waals surface area contributed by atoms with Gasteiger partial charge in [-0.3, -0.25) is 9.63 Å². The molecular weight excluding hydrogens is 436 g/mol. The van der Waals surface area contributed by atoms with Crippen LogP contribution in [0.15, 0.2) is 121 Å². The topological polar surface area (TPSA) is 61.8 Å². The smallest absolute Gasteiger partial charge is 0.267 e. The quantitative estimate of drug-likeness (QED) is 0.267. The number of hydroxylamine groups is 2. The van der Waals surface area contributed by atoms with Crippen molar-refractivity contribution in [2.75, 3.05) is 13.7 Å². The molecular formula is C30H30N2O3. The van der Waals surface area contributed by atoms with Gasteiger partial charge in [0.2, 0.25) is 0 Å². The summed E-state index contributed by atoms with van der Waals surface area (Å²) in [7, 11) is 1.66. The first-order chi connectivity index (χ1) is 17.2. The molecule has 0 aliphatic carbocycles. The van der Waals surface area contributed by atoms with Crippen LogP contribution < -0.4 is 5.32 Å². The maximum atomic E-state index is 14.1. The first kappa shape index (κ1) is 24.4. The normalized spacial score (nSPS) is 12.2. The number of amides is 1. The Balaban J connectivity index is 1.99. The Morgan fingerprint density at radius 3 is 1.54 bits per heavy atom. The first-order valence-electron chi connectivity index (χ1n) is 11.7. The fourth-order valence-corrected chi connectivity index (χ4v) is 4.36. The maximum absolute atomic E-state index is 14.1. The molecule has 5 heteroatoms. The maximum Gasteiger partial charge on any atom is 0.267 e. The molecule has 0 aliphatic heterocycles. The zero-order valence-electron chi connectivity index (χ0n) is 19.7. The third-order valence-corrected chi connectivity index (χ3v) is 6.11. The van der Waals surface area contributed by atoms with E-state index in [0.29, 0.717) is 0 Å². The number of aliphatic hydroxyl groups is 1. The van der Waals surface area contributed by atoms with E-state index in [1.807, 2.05) is 121 Å². The lowest BCUT2D eigenvalue weighted by atomic mass is 9.76. The second-order valence-corrected chi connectivity index (χ2v) is 8.22. The third kappa shape index (κ3) is 5.03. The summed E-state index contributed by atoms with van der Waals surface area (Å²) in [6.07, 6.45) is 0. The van der Waals surface area contributed by atoms with Crippen LogP contribution in [-0.4, -0.2) is 35.8 Å². The fourth-order valence-electron chi connectivity index (χ4n) is 4.36. The van der Waals surface area contributed by atoms with Crippen LogP contribution in [-0.2, 0) is 21.8 Å².